The van der Waals surface area contributed by atoms with Gasteiger partial charge in [-0.2, -0.15) is 5.10 Å². The van der Waals surface area contributed by atoms with E-state index in [2.05, 4.69) is 26.3 Å². The number of amides is 1. The van der Waals surface area contributed by atoms with Crippen molar-refractivity contribution in [2.75, 3.05) is 0 Å². The Balaban J connectivity index is 2.09. The van der Waals surface area contributed by atoms with Crippen molar-refractivity contribution in [1.82, 2.24) is 15.1 Å². The maximum Gasteiger partial charge on any atom is 0.252 e. The zero-order valence-electron chi connectivity index (χ0n) is 10.6. The Morgan fingerprint density at radius 2 is 2.26 bits per heavy atom. The Hall–Kier alpha value is -1.33. The second kappa shape index (κ2) is 5.75. The SMILES string of the molecule is Cc1c(CNC(=O)c2cc(Cl)ccc2Br)cnn1C. The van der Waals surface area contributed by atoms with E-state index in [4.69, 9.17) is 11.6 Å². The molecule has 0 unspecified atom stereocenters. The predicted molar refractivity (Wildman–Crippen MR) is 78.3 cm³/mol. The van der Waals surface area contributed by atoms with Gasteiger partial charge in [0.25, 0.3) is 5.91 Å². The zero-order chi connectivity index (χ0) is 14.0. The van der Waals surface area contributed by atoms with Crippen LogP contribution in [0, 0.1) is 6.92 Å². The fourth-order valence-electron chi connectivity index (χ4n) is 1.66. The minimum Gasteiger partial charge on any atom is -0.348 e. The van der Waals surface area contributed by atoms with Gasteiger partial charge in [-0.05, 0) is 41.1 Å². The van der Waals surface area contributed by atoms with Crippen molar-refractivity contribution in [2.24, 2.45) is 7.05 Å². The summed E-state index contributed by atoms with van der Waals surface area (Å²) in [6, 6.07) is 5.12. The highest BCUT2D eigenvalue weighted by molar-refractivity contribution is 9.10. The molecule has 0 aliphatic carbocycles. The smallest absolute Gasteiger partial charge is 0.252 e. The Bertz CT molecular complexity index is 624. The number of rotatable bonds is 3. The van der Waals surface area contributed by atoms with E-state index in [0.29, 0.717) is 17.1 Å². The summed E-state index contributed by atoms with van der Waals surface area (Å²) in [6.45, 7) is 2.40. The molecule has 0 atom stereocenters. The average molecular weight is 343 g/mol. The molecule has 0 saturated heterocycles. The summed E-state index contributed by atoms with van der Waals surface area (Å²) in [5.41, 5.74) is 2.55. The number of aryl methyl sites for hydroxylation is 1. The maximum absolute atomic E-state index is 12.1. The fraction of sp³-hybridized carbons (Fsp3) is 0.231. The Morgan fingerprint density at radius 3 is 2.89 bits per heavy atom. The lowest BCUT2D eigenvalue weighted by atomic mass is 10.2. The minimum atomic E-state index is -0.169. The second-order valence-corrected chi connectivity index (χ2v) is 5.48. The third kappa shape index (κ3) is 3.16. The number of benzene rings is 1. The summed E-state index contributed by atoms with van der Waals surface area (Å²) < 4.78 is 2.49. The highest BCUT2D eigenvalue weighted by Crippen LogP contribution is 2.21. The molecule has 0 radical (unpaired) electrons. The van der Waals surface area contributed by atoms with Gasteiger partial charge < -0.3 is 5.32 Å². The molecule has 6 heteroatoms. The zero-order valence-corrected chi connectivity index (χ0v) is 12.9. The Morgan fingerprint density at radius 1 is 1.53 bits per heavy atom. The predicted octanol–water partition coefficient (Wildman–Crippen LogP) is 3.07. The molecule has 1 aromatic heterocycles. The Labute approximate surface area is 124 Å². The van der Waals surface area contributed by atoms with E-state index in [1.807, 2.05) is 14.0 Å². The van der Waals surface area contributed by atoms with Gasteiger partial charge in [-0.3, -0.25) is 9.48 Å². The van der Waals surface area contributed by atoms with Crippen LogP contribution in [0.1, 0.15) is 21.6 Å². The van der Waals surface area contributed by atoms with Crippen LogP contribution in [0.25, 0.3) is 0 Å². The van der Waals surface area contributed by atoms with Gasteiger partial charge in [0.15, 0.2) is 0 Å². The number of carbonyl (C=O) groups is 1. The summed E-state index contributed by atoms with van der Waals surface area (Å²) in [5.74, 6) is -0.169. The highest BCUT2D eigenvalue weighted by Gasteiger charge is 2.11. The first-order valence-corrected chi connectivity index (χ1v) is 6.87. The fourth-order valence-corrected chi connectivity index (χ4v) is 2.26. The van der Waals surface area contributed by atoms with Gasteiger partial charge in [-0.15, -0.1) is 0 Å². The third-order valence-electron chi connectivity index (χ3n) is 2.95. The first kappa shape index (κ1) is 14.1. The quantitative estimate of drug-likeness (QED) is 0.932. The molecule has 0 aliphatic heterocycles. The second-order valence-electron chi connectivity index (χ2n) is 4.19. The average Bonchev–Trinajstić information content (AvgIpc) is 2.70. The molecule has 19 heavy (non-hydrogen) atoms. The Kier molecular flexibility index (Phi) is 4.27. The van der Waals surface area contributed by atoms with E-state index in [1.165, 1.54) is 0 Å². The van der Waals surface area contributed by atoms with Crippen molar-refractivity contribution < 1.29 is 4.79 Å². The molecule has 0 saturated carbocycles. The molecule has 2 rings (SSSR count). The first-order chi connectivity index (χ1) is 8.99. The van der Waals surface area contributed by atoms with E-state index in [1.54, 1.807) is 29.1 Å². The van der Waals surface area contributed by atoms with Crippen molar-refractivity contribution in [2.45, 2.75) is 13.5 Å². The molecule has 1 amide bonds. The highest BCUT2D eigenvalue weighted by atomic mass is 79.9. The van der Waals surface area contributed by atoms with Crippen molar-refractivity contribution in [3.63, 3.8) is 0 Å². The minimum absolute atomic E-state index is 0.169. The van der Waals surface area contributed by atoms with E-state index < -0.39 is 0 Å². The molecule has 0 aliphatic rings. The normalized spacial score (nSPS) is 10.5. The summed E-state index contributed by atoms with van der Waals surface area (Å²) in [5, 5.41) is 7.52. The van der Waals surface area contributed by atoms with Crippen LogP contribution in [0.15, 0.2) is 28.9 Å². The molecule has 0 spiro atoms. The summed E-state index contributed by atoms with van der Waals surface area (Å²) in [6.07, 6.45) is 1.75. The van der Waals surface area contributed by atoms with Crippen LogP contribution in [0.5, 0.6) is 0 Å². The number of hydrogen-bond donors (Lipinski definition) is 1. The van der Waals surface area contributed by atoms with Gasteiger partial charge in [0.2, 0.25) is 0 Å². The van der Waals surface area contributed by atoms with E-state index in [-0.39, 0.29) is 5.91 Å². The number of carbonyl (C=O) groups excluding carboxylic acids is 1. The van der Waals surface area contributed by atoms with Crippen molar-refractivity contribution >= 4 is 33.4 Å². The van der Waals surface area contributed by atoms with Crippen molar-refractivity contribution in [1.29, 1.82) is 0 Å². The van der Waals surface area contributed by atoms with E-state index in [9.17, 15) is 4.79 Å². The van der Waals surface area contributed by atoms with Crippen LogP contribution in [0.2, 0.25) is 5.02 Å². The van der Waals surface area contributed by atoms with Gasteiger partial charge in [0.1, 0.15) is 0 Å². The maximum atomic E-state index is 12.1. The van der Waals surface area contributed by atoms with Crippen LogP contribution in [-0.4, -0.2) is 15.7 Å². The number of aromatic nitrogens is 2. The number of halogens is 2. The summed E-state index contributed by atoms with van der Waals surface area (Å²) in [7, 11) is 1.87. The van der Waals surface area contributed by atoms with Crippen LogP contribution >= 0.6 is 27.5 Å². The molecule has 4 nitrogen and oxygen atoms in total. The first-order valence-electron chi connectivity index (χ1n) is 5.69. The van der Waals surface area contributed by atoms with Crippen LogP contribution < -0.4 is 5.32 Å². The molecule has 1 heterocycles. The molecule has 0 fully saturated rings. The molecule has 1 aromatic carbocycles. The molecular weight excluding hydrogens is 330 g/mol. The summed E-state index contributed by atoms with van der Waals surface area (Å²) >= 11 is 9.23. The molecule has 1 N–H and O–H groups in total. The van der Waals surface area contributed by atoms with Crippen molar-refractivity contribution in [3.05, 3.63) is 50.7 Å². The number of nitrogens with zero attached hydrogens (tertiary/aromatic N) is 2. The lowest BCUT2D eigenvalue weighted by Gasteiger charge is -2.07. The van der Waals surface area contributed by atoms with Crippen LogP contribution in [0.4, 0.5) is 0 Å². The lowest BCUT2D eigenvalue weighted by molar-refractivity contribution is 0.0950. The number of hydrogen-bond acceptors (Lipinski definition) is 2. The van der Waals surface area contributed by atoms with Gasteiger partial charge in [0, 0.05) is 34.3 Å². The number of nitrogens with one attached hydrogen (secondary N) is 1. The van der Waals surface area contributed by atoms with Gasteiger partial charge in [-0.1, -0.05) is 11.6 Å². The van der Waals surface area contributed by atoms with Gasteiger partial charge in [0.05, 0.1) is 11.8 Å². The molecular formula is C13H13BrClN3O. The summed E-state index contributed by atoms with van der Waals surface area (Å²) in [4.78, 5) is 12.1. The van der Waals surface area contributed by atoms with Crippen LogP contribution in [-0.2, 0) is 13.6 Å². The molecule has 100 valence electrons. The molecule has 0 bridgehead atoms. The van der Waals surface area contributed by atoms with Gasteiger partial charge >= 0.3 is 0 Å². The molecule has 2 aromatic rings. The largest absolute Gasteiger partial charge is 0.348 e. The standard InChI is InChI=1S/C13H13BrClN3O/c1-8-9(7-17-18(8)2)6-16-13(19)11-5-10(15)3-4-12(11)14/h3-5,7H,6H2,1-2H3,(H,16,19). The van der Waals surface area contributed by atoms with Gasteiger partial charge in [-0.25, -0.2) is 0 Å². The monoisotopic (exact) mass is 341 g/mol. The third-order valence-corrected chi connectivity index (χ3v) is 3.88. The lowest BCUT2D eigenvalue weighted by Crippen LogP contribution is -2.23. The van der Waals surface area contributed by atoms with E-state index >= 15 is 0 Å². The topological polar surface area (TPSA) is 46.9 Å². The van der Waals surface area contributed by atoms with Crippen LogP contribution in [0.3, 0.4) is 0 Å². The van der Waals surface area contributed by atoms with Crippen molar-refractivity contribution in [3.8, 4) is 0 Å². The van der Waals surface area contributed by atoms with E-state index in [0.717, 1.165) is 15.7 Å².